The molecule has 0 aromatic heterocycles. The van der Waals surface area contributed by atoms with E-state index in [9.17, 15) is 14.4 Å². The Bertz CT molecular complexity index is 1120. The number of fused-ring (bicyclic) bond motifs is 1. The van der Waals surface area contributed by atoms with Crippen LogP contribution in [0.15, 0.2) is 53.5 Å². The van der Waals surface area contributed by atoms with Gasteiger partial charge in [0.1, 0.15) is 6.29 Å². The number of likely N-dealkylation sites (N-methyl/N-ethyl adjacent to an activating group) is 1. The van der Waals surface area contributed by atoms with Crippen molar-refractivity contribution < 1.29 is 14.4 Å². The summed E-state index contributed by atoms with van der Waals surface area (Å²) in [5.74, 6) is -0.516. The predicted molar refractivity (Wildman–Crippen MR) is 146 cm³/mol. The van der Waals surface area contributed by atoms with Crippen LogP contribution in [0.1, 0.15) is 31.9 Å². The summed E-state index contributed by atoms with van der Waals surface area (Å²) in [7, 11) is 4.67. The van der Waals surface area contributed by atoms with E-state index >= 15 is 0 Å². The van der Waals surface area contributed by atoms with Crippen molar-refractivity contribution >= 4 is 62.7 Å². The van der Waals surface area contributed by atoms with Crippen LogP contribution in [0.25, 0.3) is 0 Å². The lowest BCUT2D eigenvalue weighted by molar-refractivity contribution is -0.138. The molecule has 7 nitrogen and oxygen atoms in total. The topological polar surface area (TPSA) is 96.1 Å². The van der Waals surface area contributed by atoms with E-state index in [4.69, 9.17) is 22.3 Å². The third-order valence-electron chi connectivity index (χ3n) is 5.14. The lowest BCUT2D eigenvalue weighted by Crippen LogP contribution is -2.53. The maximum atomic E-state index is 13.7. The molecule has 1 aliphatic heterocycles. The second-order valence-electron chi connectivity index (χ2n) is 9.03. The van der Waals surface area contributed by atoms with E-state index in [1.165, 1.54) is 27.6 Å². The molecule has 2 unspecified atom stereocenters. The van der Waals surface area contributed by atoms with Crippen LogP contribution in [0, 0.1) is 0 Å². The Morgan fingerprint density at radius 3 is 2.57 bits per heavy atom. The molecule has 2 aromatic rings. The summed E-state index contributed by atoms with van der Waals surface area (Å²) in [6.45, 7) is 6.06. The highest BCUT2D eigenvalue weighted by Gasteiger charge is 2.37. The van der Waals surface area contributed by atoms with Crippen molar-refractivity contribution in [3.05, 3.63) is 64.7 Å². The maximum absolute atomic E-state index is 13.7. The van der Waals surface area contributed by atoms with Crippen LogP contribution in [0.4, 0.5) is 5.69 Å². The maximum Gasteiger partial charge on any atom is 0.272 e. The lowest BCUT2D eigenvalue weighted by atomic mass is 10.0. The molecule has 0 saturated carbocycles. The minimum absolute atomic E-state index is 0.0217. The fourth-order valence-electron chi connectivity index (χ4n) is 3.52. The van der Waals surface area contributed by atoms with Crippen LogP contribution in [-0.4, -0.2) is 65.0 Å². The summed E-state index contributed by atoms with van der Waals surface area (Å²) in [5.41, 5.74) is 8.56. The van der Waals surface area contributed by atoms with Gasteiger partial charge in [0.05, 0.1) is 24.0 Å². The highest BCUT2D eigenvalue weighted by atomic mass is 35.5. The fourth-order valence-corrected chi connectivity index (χ4v) is 6.10. The number of nitrogens with two attached hydrogens (primary N) is 1. The number of aldehydes is 1. The average Bonchev–Trinajstić information content (AvgIpc) is 2.92. The Balaban J connectivity index is 2.03. The Morgan fingerprint density at radius 2 is 1.94 bits per heavy atom. The Kier molecular flexibility index (Phi) is 9.04. The van der Waals surface area contributed by atoms with Gasteiger partial charge in [-0.15, -0.1) is 0 Å². The summed E-state index contributed by atoms with van der Waals surface area (Å²) < 4.78 is 0.0217. The fraction of sp³-hybridized carbons (Fsp3) is 0.360. The standard InChI is InChI=1S/C25H29ClN4O3S2/c1-25(2,3)35-34-15-19(27)23(32)29(4)22-24(33)30(12-13-31)20-11-10-17(26)14-18(20)21(28-22)16-8-6-5-7-9-16/h5-11,13-14,19,22H,12,15,27H2,1-4H3. The highest BCUT2D eigenvalue weighted by Crippen LogP contribution is 2.35. The molecule has 1 aliphatic rings. The first-order valence-corrected chi connectivity index (χ1v) is 13.7. The van der Waals surface area contributed by atoms with Crippen molar-refractivity contribution in [2.45, 2.75) is 37.7 Å². The Hall–Kier alpha value is -2.33. The van der Waals surface area contributed by atoms with Gasteiger partial charge in [-0.1, -0.05) is 84.3 Å². The normalized spacial score (nSPS) is 16.7. The van der Waals surface area contributed by atoms with Crippen LogP contribution >= 0.6 is 33.2 Å². The number of benzodiazepines with no additional fused rings is 1. The van der Waals surface area contributed by atoms with Gasteiger partial charge in [0.2, 0.25) is 12.1 Å². The molecule has 0 fully saturated rings. The molecule has 0 bridgehead atoms. The molecule has 2 atom stereocenters. The van der Waals surface area contributed by atoms with Crippen LogP contribution in [0.2, 0.25) is 5.02 Å². The van der Waals surface area contributed by atoms with Crippen molar-refractivity contribution in [1.82, 2.24) is 4.90 Å². The zero-order valence-corrected chi connectivity index (χ0v) is 22.5. The SMILES string of the molecule is CN(C(=O)C(N)CSSC(C)(C)C)C1N=C(c2ccccc2)c2cc(Cl)ccc2N(CC=O)C1=O. The van der Waals surface area contributed by atoms with Gasteiger partial charge < -0.3 is 20.3 Å². The molecule has 2 N–H and O–H groups in total. The number of anilines is 1. The predicted octanol–water partition coefficient (Wildman–Crippen LogP) is 4.01. The molecule has 0 radical (unpaired) electrons. The van der Waals surface area contributed by atoms with Gasteiger partial charge in [0.25, 0.3) is 5.91 Å². The molecular weight excluding hydrogens is 504 g/mol. The number of rotatable bonds is 8. The summed E-state index contributed by atoms with van der Waals surface area (Å²) in [6, 6.07) is 13.6. The zero-order valence-electron chi connectivity index (χ0n) is 20.1. The van der Waals surface area contributed by atoms with E-state index < -0.39 is 24.0 Å². The third-order valence-corrected chi connectivity index (χ3v) is 8.75. The summed E-state index contributed by atoms with van der Waals surface area (Å²) in [6.07, 6.45) is -0.551. The molecule has 186 valence electrons. The first kappa shape index (κ1) is 27.3. The summed E-state index contributed by atoms with van der Waals surface area (Å²) in [4.78, 5) is 45.8. The van der Waals surface area contributed by atoms with Crippen LogP contribution in [-0.2, 0) is 14.4 Å². The lowest BCUT2D eigenvalue weighted by Gasteiger charge is -2.29. The molecule has 2 amide bonds. The van der Waals surface area contributed by atoms with Gasteiger partial charge >= 0.3 is 0 Å². The molecule has 0 spiro atoms. The highest BCUT2D eigenvalue weighted by molar-refractivity contribution is 8.77. The first-order chi connectivity index (χ1) is 16.5. The first-order valence-electron chi connectivity index (χ1n) is 11.0. The van der Waals surface area contributed by atoms with Gasteiger partial charge in [0.15, 0.2) is 0 Å². The molecule has 10 heteroatoms. The van der Waals surface area contributed by atoms with Crippen LogP contribution < -0.4 is 10.6 Å². The van der Waals surface area contributed by atoms with Crippen LogP contribution in [0.3, 0.4) is 0 Å². The summed E-state index contributed by atoms with van der Waals surface area (Å²) in [5, 5.41) is 0.462. The van der Waals surface area contributed by atoms with Gasteiger partial charge in [-0.3, -0.25) is 9.59 Å². The third kappa shape index (κ3) is 6.67. The molecular formula is C25H29ClN4O3S2. The second kappa shape index (κ2) is 11.6. The number of hydrogen-bond acceptors (Lipinski definition) is 7. The quantitative estimate of drug-likeness (QED) is 0.407. The molecule has 0 saturated heterocycles. The number of nitrogens with zero attached hydrogens (tertiary/aromatic N) is 3. The molecule has 0 aliphatic carbocycles. The number of amides is 2. The minimum Gasteiger partial charge on any atom is -0.319 e. The van der Waals surface area contributed by atoms with Crippen LogP contribution in [0.5, 0.6) is 0 Å². The largest absolute Gasteiger partial charge is 0.319 e. The van der Waals surface area contributed by atoms with Gasteiger partial charge in [-0.05, 0) is 18.2 Å². The van der Waals surface area contributed by atoms with E-state index in [2.05, 4.69) is 20.8 Å². The van der Waals surface area contributed by atoms with Gasteiger partial charge in [-0.2, -0.15) is 0 Å². The summed E-state index contributed by atoms with van der Waals surface area (Å²) >= 11 is 6.30. The van der Waals surface area contributed by atoms with Crippen molar-refractivity contribution in [3.8, 4) is 0 Å². The van der Waals surface area contributed by atoms with E-state index in [1.807, 2.05) is 30.3 Å². The van der Waals surface area contributed by atoms with E-state index in [0.717, 1.165) is 5.56 Å². The zero-order chi connectivity index (χ0) is 25.8. The van der Waals surface area contributed by atoms with Gasteiger partial charge in [-0.25, -0.2) is 4.99 Å². The van der Waals surface area contributed by atoms with E-state index in [1.54, 1.807) is 29.0 Å². The number of carbonyl (C=O) groups is 3. The molecule has 2 aromatic carbocycles. The number of benzene rings is 2. The Labute approximate surface area is 218 Å². The number of carbonyl (C=O) groups excluding carboxylic acids is 3. The van der Waals surface area contributed by atoms with Crippen molar-refractivity contribution in [2.24, 2.45) is 10.7 Å². The van der Waals surface area contributed by atoms with Gasteiger partial charge in [0, 0.05) is 33.7 Å². The number of hydrogen-bond donors (Lipinski definition) is 1. The monoisotopic (exact) mass is 532 g/mol. The smallest absolute Gasteiger partial charge is 0.272 e. The second-order valence-corrected chi connectivity index (χ2v) is 12.6. The molecule has 1 heterocycles. The van der Waals surface area contributed by atoms with Crippen molar-refractivity contribution in [3.63, 3.8) is 0 Å². The van der Waals surface area contributed by atoms with Crippen molar-refractivity contribution in [2.75, 3.05) is 24.2 Å². The van der Waals surface area contributed by atoms with E-state index in [0.29, 0.717) is 34.0 Å². The van der Waals surface area contributed by atoms with Crippen molar-refractivity contribution in [1.29, 1.82) is 0 Å². The van der Waals surface area contributed by atoms with E-state index in [-0.39, 0.29) is 11.3 Å². The minimum atomic E-state index is -1.20. The number of aliphatic imine (C=N–C) groups is 1. The molecule has 3 rings (SSSR count). The molecule has 35 heavy (non-hydrogen) atoms. The average molecular weight is 533 g/mol. The Morgan fingerprint density at radius 1 is 1.26 bits per heavy atom. The number of halogens is 1.